The number of carbonyl (C=O) groups excluding carboxylic acids is 1. The van der Waals surface area contributed by atoms with Gasteiger partial charge in [-0.3, -0.25) is 10.1 Å². The molecule has 1 aliphatic rings. The average molecular weight is 271 g/mol. The third kappa shape index (κ3) is 4.77. The highest BCUT2D eigenvalue weighted by atomic mass is 16.5. The lowest BCUT2D eigenvalue weighted by Gasteiger charge is -2.41. The van der Waals surface area contributed by atoms with Gasteiger partial charge in [-0.05, 0) is 44.9 Å². The Bertz CT molecular complexity index is 273. The monoisotopic (exact) mass is 271 g/mol. The lowest BCUT2D eigenvalue weighted by Crippen LogP contribution is -2.57. The van der Waals surface area contributed by atoms with Gasteiger partial charge in [-0.15, -0.1) is 0 Å². The molecule has 1 fully saturated rings. The highest BCUT2D eigenvalue weighted by Gasteiger charge is 2.37. The third-order valence-electron chi connectivity index (χ3n) is 4.16. The van der Waals surface area contributed by atoms with Crippen molar-refractivity contribution in [1.29, 1.82) is 0 Å². The van der Waals surface area contributed by atoms with E-state index in [2.05, 4.69) is 19.2 Å². The van der Waals surface area contributed by atoms with E-state index in [1.165, 1.54) is 0 Å². The SMILES string of the molecule is CCCC(NC1(CO)CCC(C)CC1)C(=O)OCC. The Balaban J connectivity index is 2.66. The molecule has 1 aliphatic carbocycles. The normalized spacial score (nSPS) is 28.9. The number of aliphatic hydroxyl groups excluding tert-OH is 1. The van der Waals surface area contributed by atoms with Crippen LogP contribution in [0.2, 0.25) is 0 Å². The number of hydrogen-bond donors (Lipinski definition) is 2. The quantitative estimate of drug-likeness (QED) is 0.697. The maximum atomic E-state index is 12.0. The predicted octanol–water partition coefficient (Wildman–Crippen LogP) is 2.25. The van der Waals surface area contributed by atoms with E-state index in [0.717, 1.165) is 38.5 Å². The summed E-state index contributed by atoms with van der Waals surface area (Å²) in [6, 6.07) is -0.287. The number of carbonyl (C=O) groups is 1. The maximum Gasteiger partial charge on any atom is 0.323 e. The highest BCUT2D eigenvalue weighted by Crippen LogP contribution is 2.32. The van der Waals surface area contributed by atoms with E-state index in [0.29, 0.717) is 12.5 Å². The van der Waals surface area contributed by atoms with Crippen LogP contribution in [0.3, 0.4) is 0 Å². The van der Waals surface area contributed by atoms with Crippen LogP contribution in [0.15, 0.2) is 0 Å². The van der Waals surface area contributed by atoms with E-state index >= 15 is 0 Å². The Morgan fingerprint density at radius 2 is 2.05 bits per heavy atom. The van der Waals surface area contributed by atoms with Crippen molar-refractivity contribution in [2.45, 2.75) is 70.9 Å². The van der Waals surface area contributed by atoms with Gasteiger partial charge in [0.2, 0.25) is 0 Å². The van der Waals surface area contributed by atoms with Crippen molar-refractivity contribution in [3.63, 3.8) is 0 Å². The van der Waals surface area contributed by atoms with Gasteiger partial charge >= 0.3 is 5.97 Å². The Kier molecular flexibility index (Phi) is 6.80. The van der Waals surface area contributed by atoms with Gasteiger partial charge in [-0.25, -0.2) is 0 Å². The fourth-order valence-corrected chi connectivity index (χ4v) is 2.81. The van der Waals surface area contributed by atoms with Gasteiger partial charge in [0.15, 0.2) is 0 Å². The van der Waals surface area contributed by atoms with Crippen LogP contribution in [0, 0.1) is 5.92 Å². The van der Waals surface area contributed by atoms with Gasteiger partial charge in [0.1, 0.15) is 6.04 Å². The van der Waals surface area contributed by atoms with Gasteiger partial charge in [-0.2, -0.15) is 0 Å². The molecule has 0 aliphatic heterocycles. The van der Waals surface area contributed by atoms with Gasteiger partial charge in [-0.1, -0.05) is 20.3 Å². The molecule has 0 amide bonds. The minimum absolute atomic E-state index is 0.0966. The van der Waals surface area contributed by atoms with E-state index in [-0.39, 0.29) is 24.2 Å². The van der Waals surface area contributed by atoms with Crippen molar-refractivity contribution >= 4 is 5.97 Å². The van der Waals surface area contributed by atoms with Crippen LogP contribution >= 0.6 is 0 Å². The van der Waals surface area contributed by atoms with E-state index in [4.69, 9.17) is 4.74 Å². The first-order chi connectivity index (χ1) is 9.06. The second-order valence-corrected chi connectivity index (χ2v) is 5.86. The molecule has 0 aromatic carbocycles. The number of rotatable bonds is 7. The first-order valence-electron chi connectivity index (χ1n) is 7.62. The Morgan fingerprint density at radius 3 is 2.53 bits per heavy atom. The molecule has 0 spiro atoms. The van der Waals surface area contributed by atoms with Crippen molar-refractivity contribution in [2.24, 2.45) is 5.92 Å². The molecule has 112 valence electrons. The summed E-state index contributed by atoms with van der Waals surface area (Å²) >= 11 is 0. The second-order valence-electron chi connectivity index (χ2n) is 5.86. The van der Waals surface area contributed by atoms with Crippen LogP contribution in [0.5, 0.6) is 0 Å². The Labute approximate surface area is 116 Å². The predicted molar refractivity (Wildman–Crippen MR) is 75.9 cm³/mol. The van der Waals surface area contributed by atoms with Crippen LogP contribution in [0.4, 0.5) is 0 Å². The second kappa shape index (κ2) is 7.85. The van der Waals surface area contributed by atoms with Crippen molar-refractivity contribution in [3.05, 3.63) is 0 Å². The van der Waals surface area contributed by atoms with Crippen molar-refractivity contribution in [3.8, 4) is 0 Å². The van der Waals surface area contributed by atoms with Crippen molar-refractivity contribution in [2.75, 3.05) is 13.2 Å². The molecule has 19 heavy (non-hydrogen) atoms. The summed E-state index contributed by atoms with van der Waals surface area (Å²) in [4.78, 5) is 12.0. The molecule has 0 radical (unpaired) electrons. The summed E-state index contributed by atoms with van der Waals surface area (Å²) in [6.45, 7) is 6.63. The van der Waals surface area contributed by atoms with Crippen LogP contribution in [0.25, 0.3) is 0 Å². The maximum absolute atomic E-state index is 12.0. The van der Waals surface area contributed by atoms with Crippen molar-refractivity contribution < 1.29 is 14.6 Å². The largest absolute Gasteiger partial charge is 0.465 e. The molecule has 2 N–H and O–H groups in total. The molecular weight excluding hydrogens is 242 g/mol. The molecular formula is C15H29NO3. The van der Waals surface area contributed by atoms with Gasteiger partial charge in [0, 0.05) is 5.54 Å². The van der Waals surface area contributed by atoms with E-state index < -0.39 is 0 Å². The molecule has 4 heteroatoms. The topological polar surface area (TPSA) is 58.6 Å². The van der Waals surface area contributed by atoms with Crippen LogP contribution < -0.4 is 5.32 Å². The third-order valence-corrected chi connectivity index (χ3v) is 4.16. The summed E-state index contributed by atoms with van der Waals surface area (Å²) in [5.74, 6) is 0.532. The van der Waals surface area contributed by atoms with Crippen LogP contribution in [-0.4, -0.2) is 35.9 Å². The highest BCUT2D eigenvalue weighted by molar-refractivity contribution is 5.75. The molecule has 4 nitrogen and oxygen atoms in total. The van der Waals surface area contributed by atoms with E-state index in [1.807, 2.05) is 6.92 Å². The lowest BCUT2D eigenvalue weighted by atomic mass is 9.77. The number of ether oxygens (including phenoxy) is 1. The molecule has 0 bridgehead atoms. The molecule has 0 saturated heterocycles. The zero-order chi connectivity index (χ0) is 14.3. The Morgan fingerprint density at radius 1 is 1.42 bits per heavy atom. The zero-order valence-corrected chi connectivity index (χ0v) is 12.6. The number of hydrogen-bond acceptors (Lipinski definition) is 4. The summed E-state index contributed by atoms with van der Waals surface area (Å²) in [6.07, 6.45) is 5.77. The van der Waals surface area contributed by atoms with Gasteiger partial charge in [0.05, 0.1) is 13.2 Å². The summed E-state index contributed by atoms with van der Waals surface area (Å²) < 4.78 is 5.13. The number of nitrogens with one attached hydrogen (secondary N) is 1. The Hall–Kier alpha value is -0.610. The first kappa shape index (κ1) is 16.4. The van der Waals surface area contributed by atoms with Gasteiger partial charge in [0.25, 0.3) is 0 Å². The molecule has 0 heterocycles. The lowest BCUT2D eigenvalue weighted by molar-refractivity contribution is -0.147. The first-order valence-corrected chi connectivity index (χ1v) is 7.62. The van der Waals surface area contributed by atoms with E-state index in [1.54, 1.807) is 0 Å². The van der Waals surface area contributed by atoms with Crippen LogP contribution in [-0.2, 0) is 9.53 Å². The summed E-state index contributed by atoms with van der Waals surface area (Å²) in [5.41, 5.74) is -0.293. The molecule has 1 rings (SSSR count). The molecule has 0 aromatic heterocycles. The molecule has 1 atom stereocenters. The zero-order valence-electron chi connectivity index (χ0n) is 12.6. The average Bonchev–Trinajstić information content (AvgIpc) is 2.41. The number of esters is 1. The van der Waals surface area contributed by atoms with Gasteiger partial charge < -0.3 is 9.84 Å². The standard InChI is InChI=1S/C15H29NO3/c1-4-6-13(14(18)19-5-2)16-15(11-17)9-7-12(3)8-10-15/h12-13,16-17H,4-11H2,1-3H3. The molecule has 1 saturated carbocycles. The minimum atomic E-state index is -0.293. The number of aliphatic hydroxyl groups is 1. The summed E-state index contributed by atoms with van der Waals surface area (Å²) in [5, 5.41) is 13.1. The fourth-order valence-electron chi connectivity index (χ4n) is 2.81. The fraction of sp³-hybridized carbons (Fsp3) is 0.933. The van der Waals surface area contributed by atoms with E-state index in [9.17, 15) is 9.90 Å². The van der Waals surface area contributed by atoms with Crippen LogP contribution in [0.1, 0.15) is 59.3 Å². The molecule has 0 aromatic rings. The molecule has 1 unspecified atom stereocenters. The minimum Gasteiger partial charge on any atom is -0.465 e. The van der Waals surface area contributed by atoms with Crippen molar-refractivity contribution in [1.82, 2.24) is 5.32 Å². The smallest absolute Gasteiger partial charge is 0.323 e. The summed E-state index contributed by atoms with van der Waals surface area (Å²) in [7, 11) is 0.